The number of esters is 1. The molecule has 0 unspecified atom stereocenters. The lowest BCUT2D eigenvalue weighted by atomic mass is 10.0. The van der Waals surface area contributed by atoms with Crippen LogP contribution in [-0.2, 0) is 16.0 Å². The van der Waals surface area contributed by atoms with Gasteiger partial charge in [0.25, 0.3) is 0 Å². The zero-order valence-corrected chi connectivity index (χ0v) is 8.53. The number of hydrogen-bond donors (Lipinski definition) is 0. The highest BCUT2D eigenvalue weighted by Gasteiger charge is 2.14. The molecule has 1 heterocycles. The fourth-order valence-corrected chi connectivity index (χ4v) is 1.55. The van der Waals surface area contributed by atoms with Gasteiger partial charge in [0, 0.05) is 6.42 Å². The molecule has 1 aromatic rings. The van der Waals surface area contributed by atoms with Crippen molar-refractivity contribution >= 4 is 5.97 Å². The molecule has 3 heteroatoms. The van der Waals surface area contributed by atoms with Crippen LogP contribution in [0.5, 0.6) is 5.75 Å². The lowest BCUT2D eigenvalue weighted by molar-refractivity contribution is -0.135. The molecule has 0 aromatic heterocycles. The molecule has 1 aromatic carbocycles. The van der Waals surface area contributed by atoms with E-state index >= 15 is 0 Å². The van der Waals surface area contributed by atoms with Crippen LogP contribution in [0.1, 0.15) is 12.0 Å². The molecule has 0 atom stereocenters. The van der Waals surface area contributed by atoms with Gasteiger partial charge in [-0.05, 0) is 18.1 Å². The average Bonchev–Trinajstić information content (AvgIpc) is 2.29. The van der Waals surface area contributed by atoms with Crippen molar-refractivity contribution in [3.8, 4) is 5.75 Å². The Morgan fingerprint density at radius 1 is 1.40 bits per heavy atom. The highest BCUT2D eigenvalue weighted by atomic mass is 16.5. The molecule has 78 valence electrons. The summed E-state index contributed by atoms with van der Waals surface area (Å²) in [4.78, 5) is 11.0. The van der Waals surface area contributed by atoms with Crippen molar-refractivity contribution in [2.75, 3.05) is 7.11 Å². The lowest BCUT2D eigenvalue weighted by Crippen LogP contribution is -2.09. The first-order valence-electron chi connectivity index (χ1n) is 4.84. The third kappa shape index (κ3) is 2.18. The summed E-state index contributed by atoms with van der Waals surface area (Å²) in [7, 11) is 1.36. The second kappa shape index (κ2) is 4.17. The average molecular weight is 204 g/mol. The number of rotatable bonds is 1. The van der Waals surface area contributed by atoms with Crippen molar-refractivity contribution in [2.45, 2.75) is 12.8 Å². The largest absolute Gasteiger partial charge is 0.466 e. The van der Waals surface area contributed by atoms with E-state index in [1.165, 1.54) is 18.7 Å². The van der Waals surface area contributed by atoms with Gasteiger partial charge in [0.1, 0.15) is 11.5 Å². The molecule has 0 saturated carbocycles. The topological polar surface area (TPSA) is 35.5 Å². The van der Waals surface area contributed by atoms with E-state index < -0.39 is 0 Å². The Labute approximate surface area is 88.3 Å². The van der Waals surface area contributed by atoms with Crippen LogP contribution < -0.4 is 4.74 Å². The molecule has 0 spiro atoms. The van der Waals surface area contributed by atoms with Crippen molar-refractivity contribution in [1.29, 1.82) is 0 Å². The van der Waals surface area contributed by atoms with E-state index in [0.29, 0.717) is 5.76 Å². The van der Waals surface area contributed by atoms with Gasteiger partial charge in [0.15, 0.2) is 0 Å². The van der Waals surface area contributed by atoms with E-state index in [4.69, 9.17) is 4.74 Å². The van der Waals surface area contributed by atoms with E-state index in [1.54, 1.807) is 0 Å². The van der Waals surface area contributed by atoms with Crippen LogP contribution >= 0.6 is 0 Å². The highest BCUT2D eigenvalue weighted by Crippen LogP contribution is 2.28. The summed E-state index contributed by atoms with van der Waals surface area (Å²) in [6, 6.07) is 7.83. The standard InChI is InChI=1S/C12H12O3/c1-14-12(13)8-10-7-6-9-4-2-3-5-11(9)15-10/h2-5,8H,6-7H2,1H3/b10-8-. The quantitative estimate of drug-likeness (QED) is 0.519. The Hall–Kier alpha value is -1.77. The number of hydrogen-bond acceptors (Lipinski definition) is 3. The second-order valence-electron chi connectivity index (χ2n) is 3.34. The summed E-state index contributed by atoms with van der Waals surface area (Å²) >= 11 is 0. The minimum absolute atomic E-state index is 0.371. The van der Waals surface area contributed by atoms with Crippen molar-refractivity contribution in [1.82, 2.24) is 0 Å². The van der Waals surface area contributed by atoms with Gasteiger partial charge in [-0.2, -0.15) is 0 Å². The molecule has 0 N–H and O–H groups in total. The fraction of sp³-hybridized carbons (Fsp3) is 0.250. The minimum Gasteiger partial charge on any atom is -0.466 e. The third-order valence-electron chi connectivity index (χ3n) is 2.33. The predicted octanol–water partition coefficient (Wildman–Crippen LogP) is 2.07. The van der Waals surface area contributed by atoms with Gasteiger partial charge in [-0.1, -0.05) is 18.2 Å². The molecule has 0 amide bonds. The molecule has 1 aliphatic heterocycles. The fourth-order valence-electron chi connectivity index (χ4n) is 1.55. The van der Waals surface area contributed by atoms with Crippen molar-refractivity contribution in [3.05, 3.63) is 41.7 Å². The van der Waals surface area contributed by atoms with Gasteiger partial charge in [-0.15, -0.1) is 0 Å². The molecular formula is C12H12O3. The summed E-state index contributed by atoms with van der Waals surface area (Å²) in [6.07, 6.45) is 3.04. The van der Waals surface area contributed by atoms with Gasteiger partial charge in [0.05, 0.1) is 13.2 Å². The van der Waals surface area contributed by atoms with Gasteiger partial charge in [0.2, 0.25) is 0 Å². The van der Waals surface area contributed by atoms with E-state index in [1.807, 2.05) is 24.3 Å². The number of ether oxygens (including phenoxy) is 2. The first-order valence-corrected chi connectivity index (χ1v) is 4.84. The van der Waals surface area contributed by atoms with Gasteiger partial charge < -0.3 is 9.47 Å². The van der Waals surface area contributed by atoms with Crippen LogP contribution in [0, 0.1) is 0 Å². The third-order valence-corrected chi connectivity index (χ3v) is 2.33. The summed E-state index contributed by atoms with van der Waals surface area (Å²) in [5.74, 6) is 1.13. The van der Waals surface area contributed by atoms with Crippen LogP contribution in [-0.4, -0.2) is 13.1 Å². The molecule has 15 heavy (non-hydrogen) atoms. The first kappa shape index (κ1) is 9.77. The Bertz CT molecular complexity index is 407. The molecule has 0 radical (unpaired) electrons. The van der Waals surface area contributed by atoms with Crippen LogP contribution in [0.15, 0.2) is 36.1 Å². The van der Waals surface area contributed by atoms with Crippen LogP contribution in [0.25, 0.3) is 0 Å². The zero-order valence-electron chi connectivity index (χ0n) is 8.53. The van der Waals surface area contributed by atoms with Gasteiger partial charge >= 0.3 is 5.97 Å². The minimum atomic E-state index is -0.371. The maximum atomic E-state index is 11.0. The highest BCUT2D eigenvalue weighted by molar-refractivity contribution is 5.82. The molecular weight excluding hydrogens is 192 g/mol. The second-order valence-corrected chi connectivity index (χ2v) is 3.34. The lowest BCUT2D eigenvalue weighted by Gasteiger charge is -2.18. The first-order chi connectivity index (χ1) is 7.29. The Balaban J connectivity index is 2.19. The van der Waals surface area contributed by atoms with Crippen molar-refractivity contribution in [2.24, 2.45) is 0 Å². The zero-order chi connectivity index (χ0) is 10.7. The predicted molar refractivity (Wildman–Crippen MR) is 55.5 cm³/mol. The monoisotopic (exact) mass is 204 g/mol. The number of benzene rings is 1. The van der Waals surface area contributed by atoms with E-state index in [2.05, 4.69) is 4.74 Å². The molecule has 0 bridgehead atoms. The summed E-state index contributed by atoms with van der Waals surface area (Å²) in [5.41, 5.74) is 1.18. The van der Waals surface area contributed by atoms with E-state index in [-0.39, 0.29) is 5.97 Å². The summed E-state index contributed by atoms with van der Waals surface area (Å²) in [6.45, 7) is 0. The normalized spacial score (nSPS) is 16.7. The maximum absolute atomic E-state index is 11.0. The molecule has 3 nitrogen and oxygen atoms in total. The van der Waals surface area contributed by atoms with E-state index in [0.717, 1.165) is 18.6 Å². The van der Waals surface area contributed by atoms with Crippen LogP contribution in [0.3, 0.4) is 0 Å². The number of allylic oxidation sites excluding steroid dienone is 1. The Morgan fingerprint density at radius 2 is 2.20 bits per heavy atom. The van der Waals surface area contributed by atoms with Crippen LogP contribution in [0.2, 0.25) is 0 Å². The molecule has 0 aliphatic carbocycles. The summed E-state index contributed by atoms with van der Waals surface area (Å²) in [5, 5.41) is 0. The van der Waals surface area contributed by atoms with Crippen molar-refractivity contribution < 1.29 is 14.3 Å². The van der Waals surface area contributed by atoms with Gasteiger partial charge in [-0.25, -0.2) is 4.79 Å². The molecule has 0 saturated heterocycles. The molecule has 0 fully saturated rings. The van der Waals surface area contributed by atoms with Crippen LogP contribution in [0.4, 0.5) is 0 Å². The smallest absolute Gasteiger partial charge is 0.333 e. The van der Waals surface area contributed by atoms with Crippen molar-refractivity contribution in [3.63, 3.8) is 0 Å². The maximum Gasteiger partial charge on any atom is 0.333 e. The van der Waals surface area contributed by atoms with Gasteiger partial charge in [-0.3, -0.25) is 0 Å². The van der Waals surface area contributed by atoms with E-state index in [9.17, 15) is 4.79 Å². The Kier molecular flexibility index (Phi) is 2.72. The number of fused-ring (bicyclic) bond motifs is 1. The molecule has 1 aliphatic rings. The number of aryl methyl sites for hydroxylation is 1. The number of para-hydroxylation sites is 1. The number of methoxy groups -OCH3 is 1. The SMILES string of the molecule is COC(=O)/C=C1/CCc2ccccc2O1. The molecule has 2 rings (SSSR count). The summed E-state index contributed by atoms with van der Waals surface area (Å²) < 4.78 is 10.1. The number of carbonyl (C=O) groups is 1. The number of carbonyl (C=O) groups excluding carboxylic acids is 1. The Morgan fingerprint density at radius 3 is 3.00 bits per heavy atom.